The molecule has 0 bridgehead atoms. The van der Waals surface area contributed by atoms with Crippen LogP contribution >= 0.6 is 0 Å². The van der Waals surface area contributed by atoms with Crippen LogP contribution in [0.3, 0.4) is 0 Å². The Bertz CT molecular complexity index is 872. The van der Waals surface area contributed by atoms with Crippen LogP contribution in [0.2, 0.25) is 0 Å². The number of hydrogen-bond donors (Lipinski definition) is 1. The summed E-state index contributed by atoms with van der Waals surface area (Å²) in [6, 6.07) is 0.710. The molecule has 1 heterocycles. The molecule has 0 aliphatic heterocycles. The largest absolute Gasteiger partial charge is 0.448 e. The Hall–Kier alpha value is -2.89. The van der Waals surface area contributed by atoms with E-state index in [0.29, 0.717) is 6.07 Å². The van der Waals surface area contributed by atoms with Crippen molar-refractivity contribution in [1.29, 1.82) is 0 Å². The Morgan fingerprint density at radius 1 is 1.33 bits per heavy atom. The summed E-state index contributed by atoms with van der Waals surface area (Å²) in [6.07, 6.45) is -3.77. The highest BCUT2D eigenvalue weighted by atomic mass is 19.3. The van der Waals surface area contributed by atoms with Gasteiger partial charge in [-0.15, -0.1) is 0 Å². The van der Waals surface area contributed by atoms with E-state index in [4.69, 9.17) is 11.3 Å². The average molecular weight is 341 g/mol. The van der Waals surface area contributed by atoms with Crippen molar-refractivity contribution in [2.24, 2.45) is 0 Å². The van der Waals surface area contributed by atoms with E-state index >= 15 is 0 Å². The maximum atomic E-state index is 14.3. The first-order chi connectivity index (χ1) is 11.3. The van der Waals surface area contributed by atoms with Crippen LogP contribution in [0.4, 0.5) is 23.2 Å². The molecule has 0 saturated heterocycles. The lowest BCUT2D eigenvalue weighted by molar-refractivity contribution is 0.150. The lowest BCUT2D eigenvalue weighted by Gasteiger charge is -2.16. The number of nitrogens with one attached hydrogen (secondary N) is 1. The van der Waals surface area contributed by atoms with E-state index in [2.05, 4.69) is 14.8 Å². The van der Waals surface area contributed by atoms with Gasteiger partial charge in [0, 0.05) is 11.1 Å². The van der Waals surface area contributed by atoms with Crippen molar-refractivity contribution in [2.75, 3.05) is 0 Å². The Morgan fingerprint density at radius 2 is 2.00 bits per heavy atom. The Balaban J connectivity index is 2.70. The van der Waals surface area contributed by atoms with Gasteiger partial charge in [-0.25, -0.2) is 27.4 Å². The zero-order chi connectivity index (χ0) is 18.0. The number of hydrogen-bond acceptors (Lipinski definition) is 3. The van der Waals surface area contributed by atoms with Gasteiger partial charge in [0.25, 0.3) is 12.0 Å². The molecule has 1 unspecified atom stereocenters. The fourth-order valence-corrected chi connectivity index (χ4v) is 2.05. The molecule has 1 N–H and O–H groups in total. The first-order valence-corrected chi connectivity index (χ1v) is 6.66. The SMILES string of the molecule is [C-]#[N+]c1cc(C(F)F)c(C)c(Oc2c(C(C)F)nc[nH]c2=O)c1F. The van der Waals surface area contributed by atoms with Crippen LogP contribution < -0.4 is 10.3 Å². The first kappa shape index (κ1) is 17.5. The van der Waals surface area contributed by atoms with Crippen molar-refractivity contribution in [1.82, 2.24) is 9.97 Å². The van der Waals surface area contributed by atoms with Gasteiger partial charge in [0.05, 0.1) is 12.9 Å². The third-order valence-corrected chi connectivity index (χ3v) is 3.26. The first-order valence-electron chi connectivity index (χ1n) is 6.66. The van der Waals surface area contributed by atoms with Crippen LogP contribution in [-0.4, -0.2) is 9.97 Å². The van der Waals surface area contributed by atoms with Gasteiger partial charge in [-0.2, -0.15) is 0 Å². The highest BCUT2D eigenvalue weighted by Gasteiger charge is 2.25. The molecular formula is C15H11F4N3O2. The summed E-state index contributed by atoms with van der Waals surface area (Å²) in [5.41, 5.74) is -2.93. The number of ether oxygens (including phenoxy) is 1. The summed E-state index contributed by atoms with van der Waals surface area (Å²) in [7, 11) is 0. The van der Waals surface area contributed by atoms with E-state index < -0.39 is 52.4 Å². The lowest BCUT2D eigenvalue weighted by Crippen LogP contribution is -2.14. The molecule has 1 aromatic carbocycles. The van der Waals surface area contributed by atoms with Gasteiger partial charge in [-0.3, -0.25) is 4.79 Å². The van der Waals surface area contributed by atoms with Crippen LogP contribution in [-0.2, 0) is 0 Å². The number of rotatable bonds is 4. The zero-order valence-electron chi connectivity index (χ0n) is 12.5. The molecule has 2 aromatic rings. The Morgan fingerprint density at radius 3 is 2.54 bits per heavy atom. The number of aromatic nitrogens is 2. The van der Waals surface area contributed by atoms with Crippen LogP contribution in [0.5, 0.6) is 11.5 Å². The number of H-pyrrole nitrogens is 1. The van der Waals surface area contributed by atoms with Crippen LogP contribution in [0, 0.1) is 19.3 Å². The molecule has 0 amide bonds. The molecule has 0 aliphatic carbocycles. The summed E-state index contributed by atoms with van der Waals surface area (Å²) in [6.45, 7) is 9.10. The van der Waals surface area contributed by atoms with Crippen LogP contribution in [0.25, 0.3) is 4.85 Å². The lowest BCUT2D eigenvalue weighted by atomic mass is 10.1. The minimum absolute atomic E-state index is 0.296. The molecule has 5 nitrogen and oxygen atoms in total. The van der Waals surface area contributed by atoms with Gasteiger partial charge >= 0.3 is 0 Å². The summed E-state index contributed by atoms with van der Waals surface area (Å²) in [4.78, 5) is 20.4. The fraction of sp³-hybridized carbons (Fsp3) is 0.267. The number of halogens is 4. The van der Waals surface area contributed by atoms with Gasteiger partial charge in [0.1, 0.15) is 11.9 Å². The standard InChI is InChI=1S/C15H11F4N3O2/c1-6-8(14(18)19)4-9(20-3)10(17)12(6)24-13-11(7(2)16)21-5-22-15(13)23/h4-5,7,14H,1-2H3,(H,21,22,23). The summed E-state index contributed by atoms with van der Waals surface area (Å²) < 4.78 is 59.1. The minimum Gasteiger partial charge on any atom is -0.448 e. The third-order valence-electron chi connectivity index (χ3n) is 3.26. The molecule has 9 heteroatoms. The maximum Gasteiger partial charge on any atom is 0.294 e. The second-order valence-electron chi connectivity index (χ2n) is 4.83. The summed E-state index contributed by atoms with van der Waals surface area (Å²) >= 11 is 0. The number of aromatic amines is 1. The van der Waals surface area contributed by atoms with Crippen molar-refractivity contribution in [3.05, 3.63) is 56.8 Å². The van der Waals surface area contributed by atoms with E-state index in [9.17, 15) is 22.4 Å². The molecule has 0 aliphatic rings. The molecule has 0 fully saturated rings. The molecule has 126 valence electrons. The van der Waals surface area contributed by atoms with Gasteiger partial charge < -0.3 is 9.72 Å². The fourth-order valence-electron chi connectivity index (χ4n) is 2.05. The normalized spacial score (nSPS) is 12.1. The zero-order valence-corrected chi connectivity index (χ0v) is 12.5. The van der Waals surface area contributed by atoms with E-state index in [1.165, 1.54) is 0 Å². The molecule has 1 atom stereocenters. The van der Waals surface area contributed by atoms with Crippen molar-refractivity contribution in [3.8, 4) is 11.5 Å². The smallest absolute Gasteiger partial charge is 0.294 e. The highest BCUT2D eigenvalue weighted by molar-refractivity contribution is 5.59. The predicted octanol–water partition coefficient (Wildman–Crippen LogP) is 4.53. The van der Waals surface area contributed by atoms with Crippen molar-refractivity contribution < 1.29 is 22.3 Å². The molecule has 0 saturated carbocycles. The Kier molecular flexibility index (Phi) is 4.87. The summed E-state index contributed by atoms with van der Waals surface area (Å²) in [5, 5.41) is 0. The highest BCUT2D eigenvalue weighted by Crippen LogP contribution is 2.40. The number of alkyl halides is 3. The van der Waals surface area contributed by atoms with Crippen LogP contribution in [0.1, 0.15) is 36.3 Å². The maximum absolute atomic E-state index is 14.3. The van der Waals surface area contributed by atoms with E-state index in [-0.39, 0.29) is 5.56 Å². The predicted molar refractivity (Wildman–Crippen MR) is 76.8 cm³/mol. The molecule has 0 radical (unpaired) electrons. The third kappa shape index (κ3) is 3.08. The topological polar surface area (TPSA) is 59.3 Å². The molecular weight excluding hydrogens is 330 g/mol. The molecule has 2 rings (SSSR count). The van der Waals surface area contributed by atoms with Crippen molar-refractivity contribution >= 4 is 5.69 Å². The van der Waals surface area contributed by atoms with E-state index in [0.717, 1.165) is 20.2 Å². The van der Waals surface area contributed by atoms with Crippen molar-refractivity contribution in [3.63, 3.8) is 0 Å². The number of nitrogens with zero attached hydrogens (tertiary/aromatic N) is 2. The van der Waals surface area contributed by atoms with E-state index in [1.54, 1.807) is 0 Å². The van der Waals surface area contributed by atoms with E-state index in [1.807, 2.05) is 0 Å². The van der Waals surface area contributed by atoms with Crippen LogP contribution in [0.15, 0.2) is 17.2 Å². The second kappa shape index (κ2) is 6.70. The number of benzene rings is 1. The van der Waals surface area contributed by atoms with Crippen molar-refractivity contribution in [2.45, 2.75) is 26.4 Å². The average Bonchev–Trinajstić information content (AvgIpc) is 2.52. The summed E-state index contributed by atoms with van der Waals surface area (Å²) in [5.74, 6) is -2.61. The molecule has 24 heavy (non-hydrogen) atoms. The quantitative estimate of drug-likeness (QED) is 0.657. The van der Waals surface area contributed by atoms with Gasteiger partial charge in [-0.05, 0) is 19.9 Å². The molecule has 1 aromatic heterocycles. The van der Waals surface area contributed by atoms with Gasteiger partial charge in [0.15, 0.2) is 11.6 Å². The second-order valence-corrected chi connectivity index (χ2v) is 4.83. The van der Waals surface area contributed by atoms with Gasteiger partial charge in [-0.1, -0.05) is 0 Å². The minimum atomic E-state index is -2.99. The molecule has 0 spiro atoms. The monoisotopic (exact) mass is 341 g/mol. The Labute approximate surface area is 133 Å². The van der Waals surface area contributed by atoms with Gasteiger partial charge in [0.2, 0.25) is 11.4 Å².